The summed E-state index contributed by atoms with van der Waals surface area (Å²) >= 11 is 0. The Hall–Kier alpha value is -2.54. The van der Waals surface area contributed by atoms with Gasteiger partial charge in [0, 0.05) is 12.7 Å². The Kier molecular flexibility index (Phi) is 5.23. The number of aryl methyl sites for hydroxylation is 1. The van der Waals surface area contributed by atoms with Crippen LogP contribution in [0.4, 0.5) is 4.39 Å². The summed E-state index contributed by atoms with van der Waals surface area (Å²) in [6, 6.07) is 6.10. The summed E-state index contributed by atoms with van der Waals surface area (Å²) in [5.41, 5.74) is 6.26. The molecule has 1 aromatic carbocycles. The molecule has 25 heavy (non-hydrogen) atoms. The van der Waals surface area contributed by atoms with E-state index in [9.17, 15) is 9.18 Å². The second-order valence-corrected chi connectivity index (χ2v) is 6.09. The van der Waals surface area contributed by atoms with Crippen LogP contribution in [0, 0.1) is 12.7 Å². The maximum atomic E-state index is 12.9. The Morgan fingerprint density at radius 2 is 2.16 bits per heavy atom. The van der Waals surface area contributed by atoms with Crippen molar-refractivity contribution in [3.05, 3.63) is 53.4 Å². The molecule has 6 nitrogen and oxygen atoms in total. The van der Waals surface area contributed by atoms with Crippen molar-refractivity contribution in [3.8, 4) is 5.75 Å². The fraction of sp³-hybridized carbons (Fsp3) is 0.389. The number of ether oxygens (including phenoxy) is 1. The Morgan fingerprint density at radius 3 is 2.84 bits per heavy atom. The van der Waals surface area contributed by atoms with Crippen LogP contribution in [0.25, 0.3) is 0 Å². The van der Waals surface area contributed by atoms with E-state index in [4.69, 9.17) is 10.5 Å². The van der Waals surface area contributed by atoms with Gasteiger partial charge in [-0.15, -0.1) is 0 Å². The fourth-order valence-electron chi connectivity index (χ4n) is 3.09. The number of nitrogens with two attached hydrogens (primary N) is 1. The molecule has 0 aliphatic carbocycles. The Bertz CT molecular complexity index is 751. The lowest BCUT2D eigenvalue weighted by atomic mass is 10.1. The molecule has 132 valence electrons. The Labute approximate surface area is 145 Å². The maximum absolute atomic E-state index is 12.9. The molecule has 1 aromatic heterocycles. The van der Waals surface area contributed by atoms with E-state index in [1.807, 2.05) is 0 Å². The number of carbonyl (C=O) groups excluding carboxylic acids is 1. The maximum Gasteiger partial charge on any atom is 0.252 e. The van der Waals surface area contributed by atoms with Gasteiger partial charge in [0.05, 0.1) is 17.3 Å². The van der Waals surface area contributed by atoms with Crippen LogP contribution >= 0.6 is 0 Å². The van der Waals surface area contributed by atoms with E-state index in [1.165, 1.54) is 18.3 Å². The van der Waals surface area contributed by atoms with Gasteiger partial charge in [0.1, 0.15) is 24.0 Å². The summed E-state index contributed by atoms with van der Waals surface area (Å²) in [4.78, 5) is 22.4. The number of primary amides is 1. The average molecular weight is 344 g/mol. The van der Waals surface area contributed by atoms with E-state index in [0.717, 1.165) is 25.9 Å². The predicted octanol–water partition coefficient (Wildman–Crippen LogP) is 2.24. The molecule has 2 heterocycles. The highest BCUT2D eigenvalue weighted by molar-refractivity contribution is 5.93. The van der Waals surface area contributed by atoms with E-state index in [0.29, 0.717) is 29.4 Å². The highest BCUT2D eigenvalue weighted by Gasteiger charge is 2.28. The molecule has 1 amide bonds. The smallest absolute Gasteiger partial charge is 0.252 e. The zero-order valence-electron chi connectivity index (χ0n) is 14.1. The third-order valence-electron chi connectivity index (χ3n) is 4.39. The predicted molar refractivity (Wildman–Crippen MR) is 90.7 cm³/mol. The lowest BCUT2D eigenvalue weighted by Crippen LogP contribution is -2.29. The average Bonchev–Trinajstić information content (AvgIpc) is 3.05. The minimum atomic E-state index is -0.514. The van der Waals surface area contributed by atoms with Crippen molar-refractivity contribution in [1.29, 1.82) is 0 Å². The zero-order chi connectivity index (χ0) is 17.8. The van der Waals surface area contributed by atoms with Crippen molar-refractivity contribution in [1.82, 2.24) is 14.9 Å². The summed E-state index contributed by atoms with van der Waals surface area (Å²) in [5, 5.41) is 0. The number of likely N-dealkylation sites (tertiary alicyclic amines) is 1. The Balaban J connectivity index is 1.61. The Morgan fingerprint density at radius 1 is 1.40 bits per heavy atom. The third-order valence-corrected chi connectivity index (χ3v) is 4.39. The van der Waals surface area contributed by atoms with Gasteiger partial charge in [-0.3, -0.25) is 9.69 Å². The number of amides is 1. The first-order valence-corrected chi connectivity index (χ1v) is 8.30. The van der Waals surface area contributed by atoms with Gasteiger partial charge in [-0.05, 0) is 50.6 Å². The van der Waals surface area contributed by atoms with Crippen molar-refractivity contribution >= 4 is 5.91 Å². The number of hydrogen-bond donors (Lipinski definition) is 1. The van der Waals surface area contributed by atoms with Gasteiger partial charge >= 0.3 is 0 Å². The summed E-state index contributed by atoms with van der Waals surface area (Å²) in [5.74, 6) is 0.566. The van der Waals surface area contributed by atoms with E-state index < -0.39 is 5.91 Å². The van der Waals surface area contributed by atoms with Crippen LogP contribution in [0.15, 0.2) is 30.5 Å². The van der Waals surface area contributed by atoms with Crippen molar-refractivity contribution < 1.29 is 13.9 Å². The molecule has 0 spiro atoms. The van der Waals surface area contributed by atoms with Gasteiger partial charge in [-0.1, -0.05) is 0 Å². The standard InChI is InChI=1S/C18H21FN4O2/c1-12-15(17(20)24)11-21-18(22-12)16-3-2-8-23(16)9-10-25-14-6-4-13(19)5-7-14/h4-7,11,16H,2-3,8-10H2,1H3,(H2,20,24)/t16-/m1/s1. The molecule has 0 saturated carbocycles. The van der Waals surface area contributed by atoms with E-state index in [-0.39, 0.29) is 11.9 Å². The largest absolute Gasteiger partial charge is 0.492 e. The van der Waals surface area contributed by atoms with Crippen molar-refractivity contribution in [2.75, 3.05) is 19.7 Å². The minimum Gasteiger partial charge on any atom is -0.492 e. The summed E-state index contributed by atoms with van der Waals surface area (Å²) in [6.45, 7) is 3.93. The van der Waals surface area contributed by atoms with Gasteiger partial charge in [0.2, 0.25) is 0 Å². The van der Waals surface area contributed by atoms with Gasteiger partial charge in [0.25, 0.3) is 5.91 Å². The molecule has 0 bridgehead atoms. The molecule has 1 aliphatic heterocycles. The molecule has 2 aromatic rings. The van der Waals surface area contributed by atoms with Crippen molar-refractivity contribution in [2.45, 2.75) is 25.8 Å². The SMILES string of the molecule is Cc1nc([C@H]2CCCN2CCOc2ccc(F)cc2)ncc1C(N)=O. The first-order valence-electron chi connectivity index (χ1n) is 8.30. The quantitative estimate of drug-likeness (QED) is 0.869. The van der Waals surface area contributed by atoms with Gasteiger partial charge < -0.3 is 10.5 Å². The molecule has 1 fully saturated rings. The van der Waals surface area contributed by atoms with E-state index >= 15 is 0 Å². The number of rotatable bonds is 6. The third kappa shape index (κ3) is 4.11. The fourth-order valence-corrected chi connectivity index (χ4v) is 3.09. The summed E-state index contributed by atoms with van der Waals surface area (Å²) < 4.78 is 18.6. The molecule has 1 atom stereocenters. The van der Waals surface area contributed by atoms with Crippen LogP contribution in [-0.2, 0) is 0 Å². The number of halogens is 1. The number of aromatic nitrogens is 2. The topological polar surface area (TPSA) is 81.3 Å². The van der Waals surface area contributed by atoms with Crippen LogP contribution in [-0.4, -0.2) is 40.5 Å². The normalized spacial score (nSPS) is 17.6. The monoisotopic (exact) mass is 344 g/mol. The molecule has 1 aliphatic rings. The molecule has 0 unspecified atom stereocenters. The number of carbonyl (C=O) groups is 1. The lowest BCUT2D eigenvalue weighted by Gasteiger charge is -2.23. The van der Waals surface area contributed by atoms with Gasteiger partial charge in [-0.2, -0.15) is 0 Å². The minimum absolute atomic E-state index is 0.109. The molecule has 3 rings (SSSR count). The molecule has 7 heteroatoms. The van der Waals surface area contributed by atoms with Crippen molar-refractivity contribution in [3.63, 3.8) is 0 Å². The number of benzene rings is 1. The second-order valence-electron chi connectivity index (χ2n) is 6.09. The number of nitrogens with zero attached hydrogens (tertiary/aromatic N) is 3. The molecule has 1 saturated heterocycles. The second kappa shape index (κ2) is 7.57. The first kappa shape index (κ1) is 17.3. The lowest BCUT2D eigenvalue weighted by molar-refractivity contribution is 0.0998. The van der Waals surface area contributed by atoms with Gasteiger partial charge in [-0.25, -0.2) is 14.4 Å². The van der Waals surface area contributed by atoms with Crippen LogP contribution in [0.3, 0.4) is 0 Å². The molecule has 0 radical (unpaired) electrons. The van der Waals surface area contributed by atoms with Crippen LogP contribution in [0.1, 0.15) is 40.8 Å². The van der Waals surface area contributed by atoms with Crippen LogP contribution < -0.4 is 10.5 Å². The molecule has 2 N–H and O–H groups in total. The van der Waals surface area contributed by atoms with Crippen molar-refractivity contribution in [2.24, 2.45) is 5.73 Å². The van der Waals surface area contributed by atoms with Crippen LogP contribution in [0.5, 0.6) is 5.75 Å². The highest BCUT2D eigenvalue weighted by atomic mass is 19.1. The number of hydrogen-bond acceptors (Lipinski definition) is 5. The molecular formula is C18H21FN4O2. The van der Waals surface area contributed by atoms with E-state index in [2.05, 4.69) is 14.9 Å². The first-order chi connectivity index (χ1) is 12.0. The molecular weight excluding hydrogens is 323 g/mol. The summed E-state index contributed by atoms with van der Waals surface area (Å²) in [6.07, 6.45) is 3.53. The summed E-state index contributed by atoms with van der Waals surface area (Å²) in [7, 11) is 0. The zero-order valence-corrected chi connectivity index (χ0v) is 14.1. The van der Waals surface area contributed by atoms with Crippen LogP contribution in [0.2, 0.25) is 0 Å². The van der Waals surface area contributed by atoms with Gasteiger partial charge in [0.15, 0.2) is 0 Å². The van der Waals surface area contributed by atoms with E-state index in [1.54, 1.807) is 19.1 Å². The highest BCUT2D eigenvalue weighted by Crippen LogP contribution is 2.29.